The molecule has 5 nitrogen and oxygen atoms in total. The second kappa shape index (κ2) is 5.35. The third-order valence-corrected chi connectivity index (χ3v) is 5.07. The fourth-order valence-corrected chi connectivity index (χ4v) is 3.44. The summed E-state index contributed by atoms with van der Waals surface area (Å²) >= 11 is 0. The molecule has 0 N–H and O–H groups in total. The molecule has 3 aliphatic rings. The van der Waals surface area contributed by atoms with Crippen molar-refractivity contribution in [2.45, 2.75) is 32.6 Å². The Morgan fingerprint density at radius 2 is 1.35 bits per heavy atom. The number of hydrogen-bond donors (Lipinski definition) is 0. The molecule has 1 saturated carbocycles. The lowest BCUT2D eigenvalue weighted by atomic mass is 10.0. The fourth-order valence-electron chi connectivity index (χ4n) is 3.44. The Bertz CT molecular complexity index is 392. The van der Waals surface area contributed by atoms with Crippen molar-refractivity contribution in [3.05, 3.63) is 0 Å². The number of carbonyl (C=O) groups is 2. The van der Waals surface area contributed by atoms with Gasteiger partial charge in [-0.3, -0.25) is 9.59 Å². The lowest BCUT2D eigenvalue weighted by Gasteiger charge is -2.36. The van der Waals surface area contributed by atoms with E-state index in [0.717, 1.165) is 71.5 Å². The molecule has 0 aromatic carbocycles. The van der Waals surface area contributed by atoms with E-state index >= 15 is 0 Å². The lowest BCUT2D eigenvalue weighted by molar-refractivity contribution is -0.150. The zero-order valence-corrected chi connectivity index (χ0v) is 12.4. The first-order valence-corrected chi connectivity index (χ1v) is 7.98. The molecule has 0 bridgehead atoms. The Morgan fingerprint density at radius 1 is 0.850 bits per heavy atom. The first kappa shape index (κ1) is 13.9. The normalized spacial score (nSPS) is 25.9. The van der Waals surface area contributed by atoms with Crippen LogP contribution in [0.3, 0.4) is 0 Å². The summed E-state index contributed by atoms with van der Waals surface area (Å²) in [5.41, 5.74) is -0.668. The van der Waals surface area contributed by atoms with Gasteiger partial charge in [0.2, 0.25) is 11.8 Å². The van der Waals surface area contributed by atoms with E-state index in [1.54, 1.807) is 0 Å². The predicted molar refractivity (Wildman–Crippen MR) is 76.2 cm³/mol. The van der Waals surface area contributed by atoms with Gasteiger partial charge in [0, 0.05) is 39.3 Å². The van der Waals surface area contributed by atoms with Crippen LogP contribution in [-0.2, 0) is 9.59 Å². The summed E-state index contributed by atoms with van der Waals surface area (Å²) in [4.78, 5) is 31.5. The van der Waals surface area contributed by atoms with Gasteiger partial charge in [-0.05, 0) is 32.2 Å². The van der Waals surface area contributed by atoms with Gasteiger partial charge in [-0.25, -0.2) is 0 Å². The average Bonchev–Trinajstić information content (AvgIpc) is 3.12. The molecule has 2 amide bonds. The van der Waals surface area contributed by atoms with Crippen LogP contribution < -0.4 is 0 Å². The zero-order chi connectivity index (χ0) is 14.2. The van der Waals surface area contributed by atoms with Crippen LogP contribution in [-0.4, -0.2) is 72.3 Å². The molecule has 0 radical (unpaired) electrons. The maximum Gasteiger partial charge on any atom is 0.238 e. The molecule has 20 heavy (non-hydrogen) atoms. The summed E-state index contributed by atoms with van der Waals surface area (Å²) in [6.07, 6.45) is 3.70. The Labute approximate surface area is 120 Å². The minimum absolute atomic E-state index is 0.102. The van der Waals surface area contributed by atoms with Gasteiger partial charge in [0.25, 0.3) is 0 Å². The van der Waals surface area contributed by atoms with Gasteiger partial charge in [-0.2, -0.15) is 0 Å². The van der Waals surface area contributed by atoms with Gasteiger partial charge in [0.1, 0.15) is 5.41 Å². The van der Waals surface area contributed by atoms with Gasteiger partial charge < -0.3 is 14.7 Å². The first-order chi connectivity index (χ1) is 9.67. The number of amides is 2. The van der Waals surface area contributed by atoms with Crippen molar-refractivity contribution in [3.8, 4) is 0 Å². The number of likely N-dealkylation sites (N-methyl/N-ethyl adjacent to an activating group) is 1. The van der Waals surface area contributed by atoms with E-state index in [4.69, 9.17) is 0 Å². The standard InChI is InChI=1S/C15H25N3O2/c1-2-16-9-11-18(12-10-16)14(20)15(5-6-15)13(19)17-7-3-4-8-17/h2-12H2,1H3. The Morgan fingerprint density at radius 3 is 1.80 bits per heavy atom. The third-order valence-electron chi connectivity index (χ3n) is 5.07. The Hall–Kier alpha value is -1.10. The molecule has 0 aromatic rings. The monoisotopic (exact) mass is 279 g/mol. The van der Waals surface area contributed by atoms with Crippen LogP contribution in [0.15, 0.2) is 0 Å². The van der Waals surface area contributed by atoms with Crippen molar-refractivity contribution in [1.29, 1.82) is 0 Å². The second-order valence-corrected chi connectivity index (χ2v) is 6.31. The van der Waals surface area contributed by atoms with Gasteiger partial charge >= 0.3 is 0 Å². The van der Waals surface area contributed by atoms with E-state index in [0.29, 0.717) is 0 Å². The van der Waals surface area contributed by atoms with Gasteiger partial charge in [0.05, 0.1) is 0 Å². The van der Waals surface area contributed by atoms with Crippen molar-refractivity contribution in [1.82, 2.24) is 14.7 Å². The Balaban J connectivity index is 1.63. The molecule has 2 aliphatic heterocycles. The smallest absolute Gasteiger partial charge is 0.238 e. The lowest BCUT2D eigenvalue weighted by Crippen LogP contribution is -2.53. The highest BCUT2D eigenvalue weighted by Gasteiger charge is 2.59. The Kier molecular flexibility index (Phi) is 3.71. The van der Waals surface area contributed by atoms with Crippen molar-refractivity contribution >= 4 is 11.8 Å². The summed E-state index contributed by atoms with van der Waals surface area (Å²) in [5, 5.41) is 0. The van der Waals surface area contributed by atoms with Crippen LogP contribution in [0.4, 0.5) is 0 Å². The summed E-state index contributed by atoms with van der Waals surface area (Å²) in [7, 11) is 0. The highest BCUT2D eigenvalue weighted by atomic mass is 16.2. The average molecular weight is 279 g/mol. The first-order valence-electron chi connectivity index (χ1n) is 7.98. The molecule has 0 unspecified atom stereocenters. The summed E-state index contributed by atoms with van der Waals surface area (Å²) < 4.78 is 0. The summed E-state index contributed by atoms with van der Waals surface area (Å²) in [6, 6.07) is 0. The maximum atomic E-state index is 12.7. The third kappa shape index (κ3) is 2.32. The molecule has 1 aliphatic carbocycles. The predicted octanol–water partition coefficient (Wildman–Crippen LogP) is 0.553. The van der Waals surface area contributed by atoms with E-state index in [1.165, 1.54) is 0 Å². The number of rotatable bonds is 3. The van der Waals surface area contributed by atoms with Crippen LogP contribution in [0.5, 0.6) is 0 Å². The highest BCUT2D eigenvalue weighted by Crippen LogP contribution is 2.49. The van der Waals surface area contributed by atoms with Crippen molar-refractivity contribution < 1.29 is 9.59 Å². The van der Waals surface area contributed by atoms with Crippen molar-refractivity contribution in [3.63, 3.8) is 0 Å². The SMILES string of the molecule is CCN1CCN(C(=O)C2(C(=O)N3CCCC3)CC2)CC1. The molecule has 2 saturated heterocycles. The number of piperazine rings is 1. The number of carbonyl (C=O) groups excluding carboxylic acids is 2. The van der Waals surface area contributed by atoms with Crippen LogP contribution in [0.1, 0.15) is 32.6 Å². The molecule has 0 atom stereocenters. The van der Waals surface area contributed by atoms with Crippen LogP contribution in [0.2, 0.25) is 0 Å². The summed E-state index contributed by atoms with van der Waals surface area (Å²) in [6.45, 7) is 8.32. The van der Waals surface area contributed by atoms with E-state index in [2.05, 4.69) is 11.8 Å². The van der Waals surface area contributed by atoms with Crippen molar-refractivity contribution in [2.24, 2.45) is 5.41 Å². The van der Waals surface area contributed by atoms with Crippen LogP contribution in [0, 0.1) is 5.41 Å². The number of likely N-dealkylation sites (tertiary alicyclic amines) is 1. The van der Waals surface area contributed by atoms with E-state index in [-0.39, 0.29) is 11.8 Å². The minimum atomic E-state index is -0.668. The maximum absolute atomic E-state index is 12.7. The van der Waals surface area contributed by atoms with Gasteiger partial charge in [-0.1, -0.05) is 6.92 Å². The van der Waals surface area contributed by atoms with E-state index < -0.39 is 5.41 Å². The van der Waals surface area contributed by atoms with Crippen LogP contribution in [0.25, 0.3) is 0 Å². The summed E-state index contributed by atoms with van der Waals surface area (Å²) in [5.74, 6) is 0.211. The molecule has 0 spiro atoms. The minimum Gasteiger partial charge on any atom is -0.342 e. The molecule has 2 heterocycles. The topological polar surface area (TPSA) is 43.9 Å². The largest absolute Gasteiger partial charge is 0.342 e. The fraction of sp³-hybridized carbons (Fsp3) is 0.867. The van der Waals surface area contributed by atoms with Gasteiger partial charge in [0.15, 0.2) is 0 Å². The molecule has 5 heteroatoms. The molecule has 0 aromatic heterocycles. The van der Waals surface area contributed by atoms with E-state index in [9.17, 15) is 9.59 Å². The quantitative estimate of drug-likeness (QED) is 0.709. The molecule has 3 fully saturated rings. The van der Waals surface area contributed by atoms with Crippen molar-refractivity contribution in [2.75, 3.05) is 45.8 Å². The molecular weight excluding hydrogens is 254 g/mol. The molecular formula is C15H25N3O2. The number of hydrogen-bond acceptors (Lipinski definition) is 3. The highest BCUT2D eigenvalue weighted by molar-refractivity contribution is 6.07. The van der Waals surface area contributed by atoms with Gasteiger partial charge in [-0.15, -0.1) is 0 Å². The van der Waals surface area contributed by atoms with Crippen LogP contribution >= 0.6 is 0 Å². The second-order valence-electron chi connectivity index (χ2n) is 6.31. The molecule has 112 valence electrons. The molecule has 3 rings (SSSR count). The zero-order valence-electron chi connectivity index (χ0n) is 12.4. The van der Waals surface area contributed by atoms with E-state index in [1.807, 2.05) is 9.80 Å². The number of nitrogens with zero attached hydrogens (tertiary/aromatic N) is 3.